The Bertz CT molecular complexity index is 773. The third-order valence-corrected chi connectivity index (χ3v) is 4.59. The number of hydrogen-bond acceptors (Lipinski definition) is 4. The molecular weight excluding hydrogens is 335 g/mol. The van der Waals surface area contributed by atoms with Crippen LogP contribution in [0, 0.1) is 5.82 Å². The number of piperazine rings is 1. The van der Waals surface area contributed by atoms with E-state index in [0.717, 1.165) is 25.2 Å². The van der Waals surface area contributed by atoms with Crippen LogP contribution in [0.15, 0.2) is 42.5 Å². The summed E-state index contributed by atoms with van der Waals surface area (Å²) >= 11 is 0. The molecule has 0 aliphatic carbocycles. The van der Waals surface area contributed by atoms with Crippen molar-refractivity contribution >= 4 is 5.91 Å². The fraction of sp³-hybridized carbons (Fsp3) is 0.350. The molecule has 0 saturated carbocycles. The van der Waals surface area contributed by atoms with Crippen molar-refractivity contribution in [3.63, 3.8) is 0 Å². The molecule has 0 radical (unpaired) electrons. The predicted molar refractivity (Wildman–Crippen MR) is 97.1 cm³/mol. The van der Waals surface area contributed by atoms with E-state index in [4.69, 9.17) is 9.47 Å². The number of ether oxygens (including phenoxy) is 2. The van der Waals surface area contributed by atoms with Crippen LogP contribution in [0.1, 0.15) is 15.9 Å². The largest absolute Gasteiger partial charge is 0.493 e. The second-order valence-corrected chi connectivity index (χ2v) is 6.27. The van der Waals surface area contributed by atoms with E-state index in [9.17, 15) is 9.18 Å². The van der Waals surface area contributed by atoms with Gasteiger partial charge in [-0.2, -0.15) is 0 Å². The molecule has 6 heteroatoms. The highest BCUT2D eigenvalue weighted by atomic mass is 19.1. The minimum atomic E-state index is -0.386. The molecule has 0 bridgehead atoms. The van der Waals surface area contributed by atoms with Crippen molar-refractivity contribution in [2.75, 3.05) is 40.4 Å². The lowest BCUT2D eigenvalue weighted by Gasteiger charge is -2.34. The molecular formula is C20H23FN2O3. The molecule has 2 aromatic rings. The van der Waals surface area contributed by atoms with Crippen molar-refractivity contribution in [1.29, 1.82) is 0 Å². The summed E-state index contributed by atoms with van der Waals surface area (Å²) in [7, 11) is 3.24. The van der Waals surface area contributed by atoms with Gasteiger partial charge in [-0.05, 0) is 35.9 Å². The molecule has 2 aromatic carbocycles. The molecule has 1 heterocycles. The van der Waals surface area contributed by atoms with E-state index < -0.39 is 0 Å². The highest BCUT2D eigenvalue weighted by Gasteiger charge is 2.22. The fourth-order valence-corrected chi connectivity index (χ4v) is 3.15. The average molecular weight is 358 g/mol. The Morgan fingerprint density at radius 3 is 2.38 bits per heavy atom. The van der Waals surface area contributed by atoms with Gasteiger partial charge in [0.1, 0.15) is 5.82 Å². The number of carbonyl (C=O) groups is 1. The van der Waals surface area contributed by atoms with Crippen molar-refractivity contribution in [2.24, 2.45) is 0 Å². The highest BCUT2D eigenvalue weighted by Crippen LogP contribution is 2.28. The molecule has 1 fully saturated rings. The van der Waals surface area contributed by atoms with Crippen molar-refractivity contribution in [3.8, 4) is 11.5 Å². The van der Waals surface area contributed by atoms with Gasteiger partial charge in [0.25, 0.3) is 5.91 Å². The average Bonchev–Trinajstić information content (AvgIpc) is 2.68. The number of hydrogen-bond donors (Lipinski definition) is 0. The first kappa shape index (κ1) is 18.2. The van der Waals surface area contributed by atoms with Gasteiger partial charge < -0.3 is 14.4 Å². The summed E-state index contributed by atoms with van der Waals surface area (Å²) in [5, 5.41) is 0. The van der Waals surface area contributed by atoms with E-state index in [-0.39, 0.29) is 11.7 Å². The first-order chi connectivity index (χ1) is 12.6. The lowest BCUT2D eigenvalue weighted by molar-refractivity contribution is 0.0628. The zero-order valence-corrected chi connectivity index (χ0v) is 15.1. The Morgan fingerprint density at radius 2 is 1.73 bits per heavy atom. The summed E-state index contributed by atoms with van der Waals surface area (Å²) in [5.74, 6) is 0.921. The van der Waals surface area contributed by atoms with Crippen molar-refractivity contribution < 1.29 is 18.7 Å². The van der Waals surface area contributed by atoms with Crippen LogP contribution in [0.5, 0.6) is 11.5 Å². The number of carbonyl (C=O) groups excluding carboxylic acids is 1. The van der Waals surface area contributed by atoms with Gasteiger partial charge in [0, 0.05) is 38.3 Å². The topological polar surface area (TPSA) is 42.0 Å². The lowest BCUT2D eigenvalue weighted by Crippen LogP contribution is -2.48. The first-order valence-corrected chi connectivity index (χ1v) is 8.59. The summed E-state index contributed by atoms with van der Waals surface area (Å²) < 4.78 is 23.9. The molecule has 1 amide bonds. The van der Waals surface area contributed by atoms with Gasteiger partial charge in [-0.15, -0.1) is 0 Å². The van der Waals surface area contributed by atoms with Crippen LogP contribution in [0.4, 0.5) is 4.39 Å². The molecule has 3 rings (SSSR count). The van der Waals surface area contributed by atoms with Crippen molar-refractivity contribution in [3.05, 3.63) is 59.4 Å². The number of amides is 1. The zero-order chi connectivity index (χ0) is 18.5. The van der Waals surface area contributed by atoms with Gasteiger partial charge in [0.05, 0.1) is 14.2 Å². The van der Waals surface area contributed by atoms with E-state index in [2.05, 4.69) is 4.90 Å². The minimum Gasteiger partial charge on any atom is -0.493 e. The van der Waals surface area contributed by atoms with Crippen LogP contribution in [0.25, 0.3) is 0 Å². The van der Waals surface area contributed by atoms with E-state index in [1.165, 1.54) is 12.1 Å². The number of rotatable bonds is 5. The maximum atomic E-state index is 13.3. The van der Waals surface area contributed by atoms with Gasteiger partial charge >= 0.3 is 0 Å². The maximum absolute atomic E-state index is 13.3. The Labute approximate surface area is 152 Å². The lowest BCUT2D eigenvalue weighted by atomic mass is 10.1. The standard InChI is InChI=1S/C20H23FN2O3/c1-25-18-7-6-15(12-19(18)26-2)14-22-8-10-23(11-9-22)20(24)16-4-3-5-17(21)13-16/h3-7,12-13H,8-11,14H2,1-2H3. The number of nitrogens with zero attached hydrogens (tertiary/aromatic N) is 2. The summed E-state index contributed by atoms with van der Waals surface area (Å²) in [6, 6.07) is 11.8. The van der Waals surface area contributed by atoms with Crippen LogP contribution in [0.3, 0.4) is 0 Å². The van der Waals surface area contributed by atoms with Crippen molar-refractivity contribution in [2.45, 2.75) is 6.54 Å². The van der Waals surface area contributed by atoms with E-state index in [1.807, 2.05) is 18.2 Å². The summed E-state index contributed by atoms with van der Waals surface area (Å²) in [5.41, 5.74) is 1.53. The maximum Gasteiger partial charge on any atom is 0.254 e. The van der Waals surface area contributed by atoms with Crippen LogP contribution in [-0.2, 0) is 6.54 Å². The first-order valence-electron chi connectivity index (χ1n) is 8.59. The van der Waals surface area contributed by atoms with Crippen LogP contribution in [0.2, 0.25) is 0 Å². The molecule has 0 spiro atoms. The minimum absolute atomic E-state index is 0.115. The Kier molecular flexibility index (Phi) is 5.73. The van der Waals surface area contributed by atoms with Gasteiger partial charge in [-0.1, -0.05) is 12.1 Å². The third kappa shape index (κ3) is 4.14. The normalized spacial score (nSPS) is 15.0. The van der Waals surface area contributed by atoms with Crippen LogP contribution >= 0.6 is 0 Å². The zero-order valence-electron chi connectivity index (χ0n) is 15.1. The van der Waals surface area contributed by atoms with E-state index >= 15 is 0 Å². The molecule has 1 aliphatic rings. The van der Waals surface area contributed by atoms with E-state index in [0.29, 0.717) is 30.2 Å². The molecule has 5 nitrogen and oxygen atoms in total. The molecule has 26 heavy (non-hydrogen) atoms. The van der Waals surface area contributed by atoms with E-state index in [1.54, 1.807) is 31.3 Å². The number of benzene rings is 2. The van der Waals surface area contributed by atoms with Gasteiger partial charge in [-0.3, -0.25) is 9.69 Å². The molecule has 0 atom stereocenters. The third-order valence-electron chi connectivity index (χ3n) is 4.59. The number of methoxy groups -OCH3 is 2. The molecule has 0 N–H and O–H groups in total. The molecule has 0 aromatic heterocycles. The molecule has 1 saturated heterocycles. The SMILES string of the molecule is COc1ccc(CN2CCN(C(=O)c3cccc(F)c3)CC2)cc1OC. The Balaban J connectivity index is 1.58. The second kappa shape index (κ2) is 8.19. The quantitative estimate of drug-likeness (QED) is 0.824. The van der Waals surface area contributed by atoms with Crippen LogP contribution in [-0.4, -0.2) is 56.1 Å². The summed E-state index contributed by atoms with van der Waals surface area (Å²) in [4.78, 5) is 16.5. The second-order valence-electron chi connectivity index (χ2n) is 6.27. The number of halogens is 1. The molecule has 138 valence electrons. The smallest absolute Gasteiger partial charge is 0.254 e. The van der Waals surface area contributed by atoms with Gasteiger partial charge in [-0.25, -0.2) is 4.39 Å². The monoisotopic (exact) mass is 358 g/mol. The summed E-state index contributed by atoms with van der Waals surface area (Å²) in [6.45, 7) is 3.58. The highest BCUT2D eigenvalue weighted by molar-refractivity contribution is 5.94. The Hall–Kier alpha value is -2.60. The van der Waals surface area contributed by atoms with Crippen LogP contribution < -0.4 is 9.47 Å². The fourth-order valence-electron chi connectivity index (χ4n) is 3.15. The predicted octanol–water partition coefficient (Wildman–Crippen LogP) is 2.80. The molecule has 0 unspecified atom stereocenters. The summed E-state index contributed by atoms with van der Waals surface area (Å²) in [6.07, 6.45) is 0. The van der Waals surface area contributed by atoms with Crippen molar-refractivity contribution in [1.82, 2.24) is 9.80 Å². The van der Waals surface area contributed by atoms with Gasteiger partial charge in [0.15, 0.2) is 11.5 Å². The van der Waals surface area contributed by atoms with Gasteiger partial charge in [0.2, 0.25) is 0 Å². The Morgan fingerprint density at radius 1 is 1.00 bits per heavy atom. The molecule has 1 aliphatic heterocycles.